The third-order valence-corrected chi connectivity index (χ3v) is 4.71. The topological polar surface area (TPSA) is 76.1 Å². The predicted molar refractivity (Wildman–Crippen MR) is 93.7 cm³/mol. The fraction of sp³-hybridized carbons (Fsp3) is 0.588. The number of rotatable bonds is 13. The van der Waals surface area contributed by atoms with Crippen molar-refractivity contribution in [2.45, 2.75) is 46.0 Å². The van der Waals surface area contributed by atoms with E-state index in [1.54, 1.807) is 6.92 Å². The second kappa shape index (κ2) is 12.2. The Balaban J connectivity index is 2.21. The van der Waals surface area contributed by atoms with Gasteiger partial charge in [-0.1, -0.05) is 44.2 Å². The van der Waals surface area contributed by atoms with Crippen LogP contribution in [0.4, 0.5) is 0 Å². The van der Waals surface area contributed by atoms with Crippen LogP contribution in [0.25, 0.3) is 0 Å². The lowest BCUT2D eigenvalue weighted by atomic mass is 10.0. The molecule has 3 unspecified atom stereocenters. The van der Waals surface area contributed by atoms with E-state index >= 15 is 0 Å². The van der Waals surface area contributed by atoms with Gasteiger partial charge in [0.1, 0.15) is 6.61 Å². The molecule has 0 saturated heterocycles. The van der Waals surface area contributed by atoms with Crippen LogP contribution >= 0.6 is 8.03 Å². The molecule has 0 radical (unpaired) electrons. The van der Waals surface area contributed by atoms with Crippen LogP contribution in [0.1, 0.15) is 38.7 Å². The van der Waals surface area contributed by atoms with Crippen molar-refractivity contribution in [2.24, 2.45) is 5.92 Å². The summed E-state index contributed by atoms with van der Waals surface area (Å²) in [6.07, 6.45) is 2.13. The van der Waals surface area contributed by atoms with Gasteiger partial charge in [-0.3, -0.25) is 14.2 Å². The molecule has 0 saturated carbocycles. The molecule has 1 rings (SSSR count). The third-order valence-electron chi connectivity index (χ3n) is 3.59. The average Bonchev–Trinajstić information content (AvgIpc) is 2.58. The molecule has 24 heavy (non-hydrogen) atoms. The van der Waals surface area contributed by atoms with Crippen LogP contribution in [0.3, 0.4) is 0 Å². The number of hydrogen-bond acceptors (Lipinski definition) is 5. The van der Waals surface area contributed by atoms with Crippen LogP contribution < -0.4 is 0 Å². The first-order valence-corrected chi connectivity index (χ1v) is 9.83. The Morgan fingerprint density at radius 3 is 2.67 bits per heavy atom. The Morgan fingerprint density at radius 1 is 1.33 bits per heavy atom. The van der Waals surface area contributed by atoms with E-state index in [9.17, 15) is 14.5 Å². The smallest absolute Gasteiger partial charge is 0.233 e. The minimum Gasteiger partial charge on any atom is -0.368 e. The highest BCUT2D eigenvalue weighted by Gasteiger charge is 2.13. The molecular weight excluding hydrogens is 329 g/mol. The first-order chi connectivity index (χ1) is 11.5. The number of hydroxylamine groups is 2. The number of nitrogens with zero attached hydrogens (tertiary/aromatic N) is 1. The molecule has 0 bridgehead atoms. The predicted octanol–water partition coefficient (Wildman–Crippen LogP) is 3.21. The van der Waals surface area contributed by atoms with Gasteiger partial charge >= 0.3 is 0 Å². The molecule has 0 spiro atoms. The van der Waals surface area contributed by atoms with Crippen LogP contribution in [-0.2, 0) is 25.3 Å². The van der Waals surface area contributed by atoms with Gasteiger partial charge in [0, 0.05) is 19.1 Å². The van der Waals surface area contributed by atoms with Crippen molar-refractivity contribution in [2.75, 3.05) is 12.7 Å². The maximum atomic E-state index is 11.3. The van der Waals surface area contributed by atoms with Crippen LogP contribution in [0, 0.1) is 5.92 Å². The van der Waals surface area contributed by atoms with Gasteiger partial charge in [-0.2, -0.15) is 0 Å². The fourth-order valence-corrected chi connectivity index (χ4v) is 2.79. The standard InChI is InChI=1S/C17H28NO5P/c1-3-24(21)23-17(20)12-15(2)8-7-11-18(14-19)22-13-16-9-5-4-6-10-16/h4-6,9-10,14-15,17,20,24H,3,7-8,11-13H2,1-2H3. The second-order valence-corrected chi connectivity index (χ2v) is 7.47. The van der Waals surface area contributed by atoms with Gasteiger partial charge in [0.15, 0.2) is 14.3 Å². The highest BCUT2D eigenvalue weighted by atomic mass is 31.1. The van der Waals surface area contributed by atoms with E-state index in [0.29, 0.717) is 32.1 Å². The molecule has 6 nitrogen and oxygen atoms in total. The van der Waals surface area contributed by atoms with Crippen LogP contribution in [0.2, 0.25) is 0 Å². The van der Waals surface area contributed by atoms with Gasteiger partial charge in [-0.25, -0.2) is 5.06 Å². The molecule has 0 aliphatic carbocycles. The molecule has 0 aliphatic rings. The molecule has 3 atom stereocenters. The normalized spacial score (nSPS) is 14.8. The molecule has 1 amide bonds. The maximum absolute atomic E-state index is 11.3. The number of amides is 1. The van der Waals surface area contributed by atoms with E-state index < -0.39 is 14.3 Å². The zero-order chi connectivity index (χ0) is 17.8. The summed E-state index contributed by atoms with van der Waals surface area (Å²) in [7, 11) is -2.12. The van der Waals surface area contributed by atoms with E-state index in [-0.39, 0.29) is 5.92 Å². The Hall–Kier alpha value is -1.20. The Morgan fingerprint density at radius 2 is 2.04 bits per heavy atom. The lowest BCUT2D eigenvalue weighted by molar-refractivity contribution is -0.177. The summed E-state index contributed by atoms with van der Waals surface area (Å²) in [5, 5.41) is 11.0. The Labute approximate surface area is 144 Å². The number of aliphatic hydroxyl groups excluding tert-OH is 1. The van der Waals surface area contributed by atoms with E-state index in [4.69, 9.17) is 9.36 Å². The minimum atomic E-state index is -2.12. The van der Waals surface area contributed by atoms with Gasteiger partial charge in [-0.15, -0.1) is 0 Å². The highest BCUT2D eigenvalue weighted by Crippen LogP contribution is 2.26. The van der Waals surface area contributed by atoms with Gasteiger partial charge < -0.3 is 9.63 Å². The van der Waals surface area contributed by atoms with Crippen molar-refractivity contribution in [1.29, 1.82) is 0 Å². The first kappa shape index (κ1) is 20.8. The molecule has 0 aromatic heterocycles. The third kappa shape index (κ3) is 9.18. The summed E-state index contributed by atoms with van der Waals surface area (Å²) in [5.41, 5.74) is 1.00. The lowest BCUT2D eigenvalue weighted by Gasteiger charge is -2.19. The van der Waals surface area contributed by atoms with Crippen molar-refractivity contribution in [3.05, 3.63) is 35.9 Å². The van der Waals surface area contributed by atoms with Crippen molar-refractivity contribution in [3.8, 4) is 0 Å². The largest absolute Gasteiger partial charge is 0.368 e. The van der Waals surface area contributed by atoms with E-state index in [0.717, 1.165) is 18.4 Å². The van der Waals surface area contributed by atoms with Crippen molar-refractivity contribution in [3.63, 3.8) is 0 Å². The quantitative estimate of drug-likeness (QED) is 0.254. The SMILES string of the molecule is CC[PH](=O)OC(O)CC(C)CCCN(C=O)OCc1ccccc1. The summed E-state index contributed by atoms with van der Waals surface area (Å²) in [4.78, 5) is 16.5. The van der Waals surface area contributed by atoms with Crippen molar-refractivity contribution >= 4 is 14.4 Å². The molecule has 1 aromatic rings. The Bertz CT molecular complexity index is 485. The second-order valence-electron chi connectivity index (χ2n) is 5.79. The molecule has 7 heteroatoms. The molecule has 1 N–H and O–H groups in total. The summed E-state index contributed by atoms with van der Waals surface area (Å²) in [5.74, 6) is 0.203. The molecule has 1 aromatic carbocycles. The molecule has 0 aliphatic heterocycles. The summed E-state index contributed by atoms with van der Waals surface area (Å²) in [6.45, 7) is 4.60. The zero-order valence-electron chi connectivity index (χ0n) is 14.4. The molecule has 0 heterocycles. The van der Waals surface area contributed by atoms with Gasteiger partial charge in [0.25, 0.3) is 0 Å². The van der Waals surface area contributed by atoms with E-state index in [2.05, 4.69) is 0 Å². The van der Waals surface area contributed by atoms with Gasteiger partial charge in [0.2, 0.25) is 6.41 Å². The number of aliphatic hydroxyl groups is 1. The number of carbonyl (C=O) groups excluding carboxylic acids is 1. The fourth-order valence-electron chi connectivity index (χ4n) is 2.22. The first-order valence-electron chi connectivity index (χ1n) is 8.31. The van der Waals surface area contributed by atoms with Crippen molar-refractivity contribution in [1.82, 2.24) is 5.06 Å². The molecule has 136 valence electrons. The zero-order valence-corrected chi connectivity index (χ0v) is 15.4. The highest BCUT2D eigenvalue weighted by molar-refractivity contribution is 7.39. The summed E-state index contributed by atoms with van der Waals surface area (Å²) in [6, 6.07) is 9.65. The monoisotopic (exact) mass is 357 g/mol. The van der Waals surface area contributed by atoms with Gasteiger partial charge in [0.05, 0.1) is 0 Å². The minimum absolute atomic E-state index is 0.203. The maximum Gasteiger partial charge on any atom is 0.233 e. The van der Waals surface area contributed by atoms with E-state index in [1.807, 2.05) is 37.3 Å². The van der Waals surface area contributed by atoms with Gasteiger partial charge in [-0.05, 0) is 24.3 Å². The van der Waals surface area contributed by atoms with Crippen LogP contribution in [-0.4, -0.2) is 35.6 Å². The molecular formula is C17H28NO5P. The van der Waals surface area contributed by atoms with Crippen molar-refractivity contribution < 1.29 is 23.8 Å². The summed E-state index contributed by atoms with van der Waals surface area (Å²) < 4.78 is 16.3. The Kier molecular flexibility index (Phi) is 10.6. The average molecular weight is 357 g/mol. The van der Waals surface area contributed by atoms with Crippen LogP contribution in [0.15, 0.2) is 30.3 Å². The number of benzene rings is 1. The molecule has 0 fully saturated rings. The van der Waals surface area contributed by atoms with Crippen LogP contribution in [0.5, 0.6) is 0 Å². The lowest BCUT2D eigenvalue weighted by Crippen LogP contribution is -2.24. The number of hydrogen-bond donors (Lipinski definition) is 1. The summed E-state index contributed by atoms with van der Waals surface area (Å²) >= 11 is 0. The van der Waals surface area contributed by atoms with E-state index in [1.165, 1.54) is 5.06 Å². The number of carbonyl (C=O) groups is 1.